The fraction of sp³-hybridized carbons (Fsp3) is 0.111. The van der Waals surface area contributed by atoms with E-state index in [2.05, 4.69) is 20.5 Å². The molecule has 0 unspecified atom stereocenters. The van der Waals surface area contributed by atoms with Gasteiger partial charge in [0, 0.05) is 15.6 Å². The lowest BCUT2D eigenvalue weighted by Gasteiger charge is -2.05. The van der Waals surface area contributed by atoms with E-state index in [0.29, 0.717) is 17.3 Å². The molecule has 8 heteroatoms. The summed E-state index contributed by atoms with van der Waals surface area (Å²) in [6, 6.07) is 10.9. The first-order valence-electron chi connectivity index (χ1n) is 7.88. The van der Waals surface area contributed by atoms with Crippen LogP contribution < -0.4 is 10.9 Å². The van der Waals surface area contributed by atoms with E-state index in [9.17, 15) is 9.59 Å². The van der Waals surface area contributed by atoms with Gasteiger partial charge in [-0.25, -0.2) is 10.1 Å². The van der Waals surface area contributed by atoms with Crippen LogP contribution in [0, 0.1) is 6.92 Å². The van der Waals surface area contributed by atoms with Crippen LogP contribution in [-0.2, 0) is 6.54 Å². The van der Waals surface area contributed by atoms with Crippen LogP contribution in [0.15, 0.2) is 46.6 Å². The lowest BCUT2D eigenvalue weighted by Crippen LogP contribution is -2.25. The summed E-state index contributed by atoms with van der Waals surface area (Å²) in [7, 11) is 0. The Morgan fingerprint density at radius 3 is 2.77 bits per heavy atom. The maximum absolute atomic E-state index is 12.5. The summed E-state index contributed by atoms with van der Waals surface area (Å²) < 4.78 is 0. The number of amides is 1. The van der Waals surface area contributed by atoms with Gasteiger partial charge in [0.25, 0.3) is 11.5 Å². The maximum atomic E-state index is 12.5. The number of aromatic nitrogens is 3. The lowest BCUT2D eigenvalue weighted by atomic mass is 10.1. The van der Waals surface area contributed by atoms with Crippen molar-refractivity contribution < 1.29 is 4.79 Å². The average Bonchev–Trinajstić information content (AvgIpc) is 3.29. The van der Waals surface area contributed by atoms with Gasteiger partial charge in [0.15, 0.2) is 5.69 Å². The molecule has 3 heterocycles. The smallest absolute Gasteiger partial charge is 0.272 e. The molecule has 0 radical (unpaired) electrons. The number of aryl methyl sites for hydroxylation is 1. The van der Waals surface area contributed by atoms with Crippen molar-refractivity contribution in [3.05, 3.63) is 67.7 Å². The summed E-state index contributed by atoms with van der Waals surface area (Å²) in [5, 5.41) is 13.2. The Bertz CT molecular complexity index is 1160. The number of nitrogens with zero attached hydrogens (tertiary/aromatic N) is 2. The monoisotopic (exact) mass is 382 g/mol. The van der Waals surface area contributed by atoms with Gasteiger partial charge in [0.05, 0.1) is 27.5 Å². The largest absolute Gasteiger partial charge is 0.346 e. The van der Waals surface area contributed by atoms with Gasteiger partial charge in [-0.2, -0.15) is 5.10 Å². The summed E-state index contributed by atoms with van der Waals surface area (Å²) in [6.07, 6.45) is 0. The number of nitrogens with one attached hydrogen (secondary N) is 2. The fourth-order valence-electron chi connectivity index (χ4n) is 2.63. The van der Waals surface area contributed by atoms with Crippen molar-refractivity contribution in [3.63, 3.8) is 0 Å². The first-order valence-corrected chi connectivity index (χ1v) is 9.58. The van der Waals surface area contributed by atoms with Crippen LogP contribution in [0.2, 0.25) is 0 Å². The van der Waals surface area contributed by atoms with Gasteiger partial charge in [-0.1, -0.05) is 18.2 Å². The average molecular weight is 382 g/mol. The van der Waals surface area contributed by atoms with Crippen molar-refractivity contribution in [2.24, 2.45) is 0 Å². The van der Waals surface area contributed by atoms with E-state index in [-0.39, 0.29) is 17.2 Å². The summed E-state index contributed by atoms with van der Waals surface area (Å²) in [5.41, 5.74) is 0.870. The minimum absolute atomic E-state index is 0.215. The van der Waals surface area contributed by atoms with E-state index in [1.807, 2.05) is 24.4 Å². The van der Waals surface area contributed by atoms with Crippen molar-refractivity contribution in [1.29, 1.82) is 0 Å². The Morgan fingerprint density at radius 2 is 2.00 bits per heavy atom. The van der Waals surface area contributed by atoms with E-state index >= 15 is 0 Å². The van der Waals surface area contributed by atoms with Gasteiger partial charge < -0.3 is 5.32 Å². The van der Waals surface area contributed by atoms with Gasteiger partial charge in [0.1, 0.15) is 0 Å². The van der Waals surface area contributed by atoms with E-state index in [1.165, 1.54) is 0 Å². The Morgan fingerprint density at radius 1 is 1.19 bits per heavy atom. The van der Waals surface area contributed by atoms with Crippen molar-refractivity contribution in [1.82, 2.24) is 20.5 Å². The highest BCUT2D eigenvalue weighted by Gasteiger charge is 2.14. The number of hydrogen-bond acceptors (Lipinski definition) is 6. The molecule has 1 aromatic carbocycles. The number of rotatable bonds is 4. The van der Waals surface area contributed by atoms with Crippen LogP contribution in [0.1, 0.15) is 20.4 Å². The molecule has 0 fully saturated rings. The van der Waals surface area contributed by atoms with E-state index in [0.717, 1.165) is 20.5 Å². The number of carbonyl (C=O) groups is 1. The quantitative estimate of drug-likeness (QED) is 0.567. The molecule has 130 valence electrons. The van der Waals surface area contributed by atoms with E-state index in [1.54, 1.807) is 46.9 Å². The van der Waals surface area contributed by atoms with Crippen molar-refractivity contribution in [2.75, 3.05) is 0 Å². The topological polar surface area (TPSA) is 87.7 Å². The standard InChI is InChI=1S/C18H14N4O2S2/c1-10-20-14(9-25-10)15-7-6-11(26-15)8-19-18(24)16-12-4-2-3-5-13(12)17(23)22-21-16/h2-7,9H,8H2,1H3,(H,19,24)(H,22,23). The normalized spacial score (nSPS) is 11.0. The molecular weight excluding hydrogens is 368 g/mol. The number of fused-ring (bicyclic) bond motifs is 1. The van der Waals surface area contributed by atoms with Crippen LogP contribution in [0.3, 0.4) is 0 Å². The minimum atomic E-state index is -0.322. The summed E-state index contributed by atoms with van der Waals surface area (Å²) in [4.78, 5) is 30.9. The molecule has 0 aliphatic carbocycles. The van der Waals surface area contributed by atoms with Crippen molar-refractivity contribution in [3.8, 4) is 10.6 Å². The Kier molecular flexibility index (Phi) is 4.36. The minimum Gasteiger partial charge on any atom is -0.346 e. The predicted octanol–water partition coefficient (Wildman–Crippen LogP) is 3.35. The van der Waals surface area contributed by atoms with Crippen LogP contribution in [-0.4, -0.2) is 21.1 Å². The first-order chi connectivity index (χ1) is 12.6. The zero-order valence-corrected chi connectivity index (χ0v) is 15.4. The number of aromatic amines is 1. The number of H-pyrrole nitrogens is 1. The summed E-state index contributed by atoms with van der Waals surface area (Å²) in [5.74, 6) is -0.322. The highest BCUT2D eigenvalue weighted by atomic mass is 32.1. The molecule has 2 N–H and O–H groups in total. The molecule has 4 aromatic rings. The number of hydrogen-bond donors (Lipinski definition) is 2. The van der Waals surface area contributed by atoms with Crippen LogP contribution in [0.25, 0.3) is 21.3 Å². The maximum Gasteiger partial charge on any atom is 0.272 e. The second kappa shape index (κ2) is 6.81. The molecule has 4 rings (SSSR count). The van der Waals surface area contributed by atoms with Crippen LogP contribution >= 0.6 is 22.7 Å². The van der Waals surface area contributed by atoms with Crippen molar-refractivity contribution >= 4 is 39.4 Å². The van der Waals surface area contributed by atoms with Crippen LogP contribution in [0.4, 0.5) is 0 Å². The molecule has 0 saturated heterocycles. The van der Waals surface area contributed by atoms with Gasteiger partial charge in [0.2, 0.25) is 0 Å². The predicted molar refractivity (Wildman–Crippen MR) is 104 cm³/mol. The Balaban J connectivity index is 1.52. The highest BCUT2D eigenvalue weighted by molar-refractivity contribution is 7.16. The first kappa shape index (κ1) is 16.6. The lowest BCUT2D eigenvalue weighted by molar-refractivity contribution is 0.0947. The summed E-state index contributed by atoms with van der Waals surface area (Å²) >= 11 is 3.21. The molecule has 6 nitrogen and oxygen atoms in total. The molecule has 0 aliphatic rings. The zero-order valence-electron chi connectivity index (χ0n) is 13.8. The number of carbonyl (C=O) groups excluding carboxylic acids is 1. The van der Waals surface area contributed by atoms with Gasteiger partial charge in [-0.15, -0.1) is 22.7 Å². The molecular formula is C18H14N4O2S2. The Labute approximate surface area is 156 Å². The third-order valence-electron chi connectivity index (χ3n) is 3.87. The highest BCUT2D eigenvalue weighted by Crippen LogP contribution is 2.29. The zero-order chi connectivity index (χ0) is 18.1. The van der Waals surface area contributed by atoms with Crippen molar-refractivity contribution in [2.45, 2.75) is 13.5 Å². The van der Waals surface area contributed by atoms with Crippen LogP contribution in [0.5, 0.6) is 0 Å². The van der Waals surface area contributed by atoms with Gasteiger partial charge >= 0.3 is 0 Å². The second-order valence-electron chi connectivity index (χ2n) is 5.65. The third kappa shape index (κ3) is 3.16. The number of thiazole rings is 1. The molecule has 0 saturated carbocycles. The van der Waals surface area contributed by atoms with Gasteiger partial charge in [-0.05, 0) is 25.1 Å². The molecule has 0 spiro atoms. The molecule has 0 aliphatic heterocycles. The fourth-order valence-corrected chi connectivity index (χ4v) is 4.22. The molecule has 0 atom stereocenters. The third-order valence-corrected chi connectivity index (χ3v) is 5.75. The molecule has 26 heavy (non-hydrogen) atoms. The second-order valence-corrected chi connectivity index (χ2v) is 7.88. The Hall–Kier alpha value is -2.84. The number of thiophene rings is 1. The summed E-state index contributed by atoms with van der Waals surface area (Å²) in [6.45, 7) is 2.37. The van der Waals surface area contributed by atoms with Gasteiger partial charge in [-0.3, -0.25) is 9.59 Å². The molecule has 3 aromatic heterocycles. The van der Waals surface area contributed by atoms with E-state index < -0.39 is 0 Å². The SMILES string of the molecule is Cc1nc(-c2ccc(CNC(=O)c3n[nH]c(=O)c4ccccc34)s2)cs1. The van der Waals surface area contributed by atoms with E-state index in [4.69, 9.17) is 0 Å². The number of benzene rings is 1. The molecule has 1 amide bonds. The molecule has 0 bridgehead atoms.